The second kappa shape index (κ2) is 6.11. The number of hydrogen-bond acceptors (Lipinski definition) is 3. The first-order valence-electron chi connectivity index (χ1n) is 5.31. The van der Waals surface area contributed by atoms with E-state index in [1.165, 1.54) is 0 Å². The van der Waals surface area contributed by atoms with Crippen LogP contribution in [0.1, 0.15) is 31.4 Å². The molecule has 2 N–H and O–H groups in total. The highest BCUT2D eigenvalue weighted by molar-refractivity contribution is 9.10. The Morgan fingerprint density at radius 3 is 2.12 bits per heavy atom. The molecule has 90 valence electrons. The fraction of sp³-hybridized carbons (Fsp3) is 0.500. The van der Waals surface area contributed by atoms with Gasteiger partial charge in [-0.15, -0.1) is 0 Å². The zero-order valence-electron chi connectivity index (χ0n) is 9.92. The molecule has 0 unspecified atom stereocenters. The smallest absolute Gasteiger partial charge is 0.137 e. The Hall–Kier alpha value is -0.740. The maximum absolute atomic E-state index is 6.08. The summed E-state index contributed by atoms with van der Waals surface area (Å²) >= 11 is 3.43. The summed E-state index contributed by atoms with van der Waals surface area (Å²) in [7, 11) is 3.27. The maximum atomic E-state index is 6.08. The van der Waals surface area contributed by atoms with E-state index in [-0.39, 0.29) is 6.04 Å². The average molecular weight is 288 g/mol. The highest BCUT2D eigenvalue weighted by Gasteiger charge is 2.13. The van der Waals surface area contributed by atoms with Crippen LogP contribution >= 0.6 is 15.9 Å². The molecule has 0 heterocycles. The van der Waals surface area contributed by atoms with Crippen molar-refractivity contribution in [2.24, 2.45) is 5.73 Å². The van der Waals surface area contributed by atoms with Gasteiger partial charge in [0, 0.05) is 6.04 Å². The Balaban J connectivity index is 3.11. The summed E-state index contributed by atoms with van der Waals surface area (Å²) in [4.78, 5) is 0. The summed E-state index contributed by atoms with van der Waals surface area (Å²) < 4.78 is 11.4. The molecule has 0 fully saturated rings. The molecule has 1 rings (SSSR count). The standard InChI is InChI=1S/C12H18BrNO2/c1-4-5-9(14)8-6-10(15-2)12(13)11(7-8)16-3/h6-7,9H,4-5,14H2,1-3H3/t9-/m1/s1. The predicted molar refractivity (Wildman–Crippen MR) is 69.1 cm³/mol. The molecule has 0 aliphatic carbocycles. The van der Waals surface area contributed by atoms with Gasteiger partial charge in [0.2, 0.25) is 0 Å². The number of ether oxygens (including phenoxy) is 2. The van der Waals surface area contributed by atoms with E-state index in [1.54, 1.807) is 14.2 Å². The zero-order valence-corrected chi connectivity index (χ0v) is 11.5. The first kappa shape index (κ1) is 13.3. The van der Waals surface area contributed by atoms with Crippen LogP contribution < -0.4 is 15.2 Å². The molecule has 3 nitrogen and oxygen atoms in total. The van der Waals surface area contributed by atoms with Crippen LogP contribution in [0.3, 0.4) is 0 Å². The van der Waals surface area contributed by atoms with Gasteiger partial charge >= 0.3 is 0 Å². The van der Waals surface area contributed by atoms with Crippen LogP contribution in [-0.4, -0.2) is 14.2 Å². The van der Waals surface area contributed by atoms with Crippen LogP contribution in [0.25, 0.3) is 0 Å². The molecule has 1 aromatic carbocycles. The third-order valence-corrected chi connectivity index (χ3v) is 3.28. The van der Waals surface area contributed by atoms with E-state index >= 15 is 0 Å². The molecule has 0 bridgehead atoms. The fourth-order valence-corrected chi connectivity index (χ4v) is 2.13. The molecule has 4 heteroatoms. The highest BCUT2D eigenvalue weighted by atomic mass is 79.9. The van der Waals surface area contributed by atoms with Crippen LogP contribution in [0.15, 0.2) is 16.6 Å². The summed E-state index contributed by atoms with van der Waals surface area (Å²) in [5, 5.41) is 0. The predicted octanol–water partition coefficient (Wildman–Crippen LogP) is 3.27. The van der Waals surface area contributed by atoms with Crippen LogP contribution in [0, 0.1) is 0 Å². The summed E-state index contributed by atoms with van der Waals surface area (Å²) in [6.45, 7) is 2.12. The molecule has 0 aliphatic heterocycles. The normalized spacial score (nSPS) is 12.3. The number of halogens is 1. The molecule has 16 heavy (non-hydrogen) atoms. The van der Waals surface area contributed by atoms with Gasteiger partial charge in [0.15, 0.2) is 0 Å². The van der Waals surface area contributed by atoms with Crippen molar-refractivity contribution >= 4 is 15.9 Å². The monoisotopic (exact) mass is 287 g/mol. The second-order valence-corrected chi connectivity index (χ2v) is 4.43. The van der Waals surface area contributed by atoms with E-state index in [0.717, 1.165) is 34.4 Å². The average Bonchev–Trinajstić information content (AvgIpc) is 2.29. The highest BCUT2D eigenvalue weighted by Crippen LogP contribution is 2.37. The largest absolute Gasteiger partial charge is 0.495 e. The minimum Gasteiger partial charge on any atom is -0.495 e. The second-order valence-electron chi connectivity index (χ2n) is 3.63. The minimum absolute atomic E-state index is 0.0286. The third-order valence-electron chi connectivity index (χ3n) is 2.50. The number of benzene rings is 1. The number of methoxy groups -OCH3 is 2. The Kier molecular flexibility index (Phi) is 5.09. The molecular formula is C12H18BrNO2. The molecule has 0 saturated heterocycles. The van der Waals surface area contributed by atoms with Crippen LogP contribution in [0.4, 0.5) is 0 Å². The van der Waals surface area contributed by atoms with Gasteiger partial charge in [-0.25, -0.2) is 0 Å². The quantitative estimate of drug-likeness (QED) is 0.904. The Bertz CT molecular complexity index is 330. The summed E-state index contributed by atoms with van der Waals surface area (Å²) in [5.41, 5.74) is 7.12. The SMILES string of the molecule is CCC[C@@H](N)c1cc(OC)c(Br)c(OC)c1. The van der Waals surface area contributed by atoms with Gasteiger partial charge in [-0.1, -0.05) is 13.3 Å². The molecule has 1 atom stereocenters. The lowest BCUT2D eigenvalue weighted by Crippen LogP contribution is -2.10. The lowest BCUT2D eigenvalue weighted by atomic mass is 10.0. The first-order chi connectivity index (χ1) is 7.63. The molecule has 0 aromatic heterocycles. The minimum atomic E-state index is 0.0286. The van der Waals surface area contributed by atoms with Crippen molar-refractivity contribution < 1.29 is 9.47 Å². The topological polar surface area (TPSA) is 44.5 Å². The molecule has 1 aromatic rings. The molecule has 0 saturated carbocycles. The van der Waals surface area contributed by atoms with Crippen LogP contribution in [0.5, 0.6) is 11.5 Å². The van der Waals surface area contributed by atoms with E-state index in [4.69, 9.17) is 15.2 Å². The lowest BCUT2D eigenvalue weighted by molar-refractivity contribution is 0.387. The lowest BCUT2D eigenvalue weighted by Gasteiger charge is -2.15. The van der Waals surface area contributed by atoms with Crippen molar-refractivity contribution in [2.45, 2.75) is 25.8 Å². The summed E-state index contributed by atoms with van der Waals surface area (Å²) in [6, 6.07) is 3.93. The van der Waals surface area contributed by atoms with Crippen molar-refractivity contribution in [1.29, 1.82) is 0 Å². The fourth-order valence-electron chi connectivity index (χ4n) is 1.58. The molecule has 0 aliphatic rings. The van der Waals surface area contributed by atoms with Gasteiger partial charge in [0.05, 0.1) is 14.2 Å². The first-order valence-corrected chi connectivity index (χ1v) is 6.10. The maximum Gasteiger partial charge on any atom is 0.137 e. The van der Waals surface area contributed by atoms with Crippen molar-refractivity contribution in [2.75, 3.05) is 14.2 Å². The number of hydrogen-bond donors (Lipinski definition) is 1. The Labute approximate surface area is 105 Å². The van der Waals surface area contributed by atoms with Gasteiger partial charge in [-0.3, -0.25) is 0 Å². The van der Waals surface area contributed by atoms with Crippen LogP contribution in [0.2, 0.25) is 0 Å². The number of rotatable bonds is 5. The molecular weight excluding hydrogens is 270 g/mol. The molecule has 0 amide bonds. The third kappa shape index (κ3) is 2.89. The van der Waals surface area contributed by atoms with E-state index in [1.807, 2.05) is 12.1 Å². The molecule has 0 spiro atoms. The summed E-state index contributed by atoms with van der Waals surface area (Å²) in [5.74, 6) is 1.50. The van der Waals surface area contributed by atoms with Crippen molar-refractivity contribution in [1.82, 2.24) is 0 Å². The van der Waals surface area contributed by atoms with Crippen molar-refractivity contribution in [3.63, 3.8) is 0 Å². The van der Waals surface area contributed by atoms with Gasteiger partial charge in [-0.2, -0.15) is 0 Å². The van der Waals surface area contributed by atoms with Gasteiger partial charge in [-0.05, 0) is 40.0 Å². The van der Waals surface area contributed by atoms with Crippen molar-refractivity contribution in [3.05, 3.63) is 22.2 Å². The number of nitrogens with two attached hydrogens (primary N) is 1. The van der Waals surface area contributed by atoms with E-state index in [9.17, 15) is 0 Å². The Morgan fingerprint density at radius 1 is 1.25 bits per heavy atom. The van der Waals surface area contributed by atoms with Gasteiger partial charge < -0.3 is 15.2 Å². The zero-order chi connectivity index (χ0) is 12.1. The summed E-state index contributed by atoms with van der Waals surface area (Å²) in [6.07, 6.45) is 2.01. The van der Waals surface area contributed by atoms with Gasteiger partial charge in [0.1, 0.15) is 16.0 Å². The Morgan fingerprint density at radius 2 is 1.75 bits per heavy atom. The van der Waals surface area contributed by atoms with E-state index < -0.39 is 0 Å². The van der Waals surface area contributed by atoms with Crippen molar-refractivity contribution in [3.8, 4) is 11.5 Å². The molecule has 0 radical (unpaired) electrons. The van der Waals surface area contributed by atoms with Gasteiger partial charge in [0.25, 0.3) is 0 Å². The van der Waals surface area contributed by atoms with E-state index in [2.05, 4.69) is 22.9 Å². The van der Waals surface area contributed by atoms with E-state index in [0.29, 0.717) is 0 Å². The van der Waals surface area contributed by atoms with Crippen LogP contribution in [-0.2, 0) is 0 Å².